The van der Waals surface area contributed by atoms with Crippen molar-refractivity contribution in [3.05, 3.63) is 71.8 Å². The number of nitrogens with two attached hydrogens (primary N) is 1. The average molecular weight is 461 g/mol. The monoisotopic (exact) mass is 460 g/mol. The van der Waals surface area contributed by atoms with E-state index < -0.39 is 0 Å². The normalized spacial score (nSPS) is 18.9. The maximum Gasteiger partial charge on any atom is 0.268 e. The van der Waals surface area contributed by atoms with E-state index in [2.05, 4.69) is 37.4 Å². The highest BCUT2D eigenvalue weighted by molar-refractivity contribution is 5.97. The van der Waals surface area contributed by atoms with E-state index in [9.17, 15) is 4.79 Å². The lowest BCUT2D eigenvalue weighted by Crippen LogP contribution is -2.46. The lowest BCUT2D eigenvalue weighted by Gasteiger charge is -2.38. The molecule has 1 saturated heterocycles. The van der Waals surface area contributed by atoms with E-state index in [1.807, 2.05) is 47.3 Å². The molecule has 0 aliphatic carbocycles. The molecule has 4 aromatic rings. The van der Waals surface area contributed by atoms with Gasteiger partial charge in [-0.25, -0.2) is 4.98 Å². The van der Waals surface area contributed by atoms with Gasteiger partial charge in [0.2, 0.25) is 0 Å². The number of aromatic nitrogens is 5. The molecule has 2 atom stereocenters. The Hall–Kier alpha value is -3.76. The summed E-state index contributed by atoms with van der Waals surface area (Å²) in [5.74, 6) is 0.334. The summed E-state index contributed by atoms with van der Waals surface area (Å²) in [6.07, 6.45) is 3.62. The number of fused-ring (bicyclic) bond motifs is 1. The van der Waals surface area contributed by atoms with Gasteiger partial charge < -0.3 is 20.8 Å². The number of nitrogens with zero attached hydrogens (tertiary/aromatic N) is 5. The van der Waals surface area contributed by atoms with Crippen molar-refractivity contribution >= 4 is 22.6 Å². The number of aromatic amines is 1. The minimum atomic E-state index is -0.170. The van der Waals surface area contributed by atoms with Crippen LogP contribution in [0.1, 0.15) is 34.8 Å². The molecule has 0 radical (unpaired) electrons. The minimum Gasteiger partial charge on any atom is -0.384 e. The number of para-hydroxylation sites is 1. The number of ether oxygens (including phenoxy) is 1. The molecule has 34 heavy (non-hydrogen) atoms. The lowest BCUT2D eigenvalue weighted by atomic mass is 10.1. The Labute approximate surface area is 197 Å². The number of amides is 1. The summed E-state index contributed by atoms with van der Waals surface area (Å²) in [7, 11) is 0. The zero-order valence-corrected chi connectivity index (χ0v) is 19.0. The Balaban J connectivity index is 1.13. The summed E-state index contributed by atoms with van der Waals surface area (Å²) in [6.45, 7) is 5.40. The smallest absolute Gasteiger partial charge is 0.268 e. The molecule has 3 aromatic heterocycles. The van der Waals surface area contributed by atoms with Crippen LogP contribution in [0, 0.1) is 0 Å². The van der Waals surface area contributed by atoms with E-state index in [4.69, 9.17) is 10.5 Å². The van der Waals surface area contributed by atoms with Crippen molar-refractivity contribution in [3.63, 3.8) is 0 Å². The van der Waals surface area contributed by atoms with Crippen molar-refractivity contribution < 1.29 is 9.53 Å². The fourth-order valence-electron chi connectivity index (χ4n) is 4.15. The first kappa shape index (κ1) is 22.1. The molecule has 10 heteroatoms. The van der Waals surface area contributed by atoms with Gasteiger partial charge in [-0.05, 0) is 25.1 Å². The average Bonchev–Trinajstić information content (AvgIpc) is 3.49. The SMILES string of the molecule is C[C@H]1CO[C@@H](c2ccc(N)nc2)CN1CCn1cc(CNC(=O)c2cc3ccccc3[nH]2)nn1. The largest absolute Gasteiger partial charge is 0.384 e. The first-order valence-corrected chi connectivity index (χ1v) is 11.4. The van der Waals surface area contributed by atoms with E-state index in [1.165, 1.54) is 0 Å². The highest BCUT2D eigenvalue weighted by Gasteiger charge is 2.27. The molecule has 4 N–H and O–H groups in total. The third-order valence-electron chi connectivity index (χ3n) is 6.15. The van der Waals surface area contributed by atoms with Gasteiger partial charge in [0.25, 0.3) is 5.91 Å². The van der Waals surface area contributed by atoms with Crippen LogP contribution in [0.3, 0.4) is 0 Å². The molecule has 0 bridgehead atoms. The van der Waals surface area contributed by atoms with Gasteiger partial charge in [-0.2, -0.15) is 0 Å². The van der Waals surface area contributed by atoms with Crippen molar-refractivity contribution in [2.24, 2.45) is 0 Å². The van der Waals surface area contributed by atoms with Gasteiger partial charge in [0.05, 0.1) is 32.0 Å². The summed E-state index contributed by atoms with van der Waals surface area (Å²) < 4.78 is 7.82. The molecule has 1 fully saturated rings. The van der Waals surface area contributed by atoms with Crippen LogP contribution in [0.25, 0.3) is 10.9 Å². The molecular formula is C24H28N8O2. The van der Waals surface area contributed by atoms with Gasteiger partial charge in [0.15, 0.2) is 0 Å². The second-order valence-electron chi connectivity index (χ2n) is 8.61. The van der Waals surface area contributed by atoms with Crippen molar-refractivity contribution in [1.82, 2.24) is 35.2 Å². The van der Waals surface area contributed by atoms with E-state index in [-0.39, 0.29) is 12.0 Å². The fraction of sp³-hybridized carbons (Fsp3) is 0.333. The zero-order valence-electron chi connectivity index (χ0n) is 19.0. The first-order chi connectivity index (χ1) is 16.5. The molecule has 4 heterocycles. The number of benzene rings is 1. The molecular weight excluding hydrogens is 432 g/mol. The number of hydrogen-bond donors (Lipinski definition) is 3. The number of anilines is 1. The Morgan fingerprint density at radius 1 is 1.26 bits per heavy atom. The third kappa shape index (κ3) is 4.92. The Bertz CT molecular complexity index is 1230. The van der Waals surface area contributed by atoms with Crippen LogP contribution < -0.4 is 11.1 Å². The summed E-state index contributed by atoms with van der Waals surface area (Å²) in [4.78, 5) is 22.2. The van der Waals surface area contributed by atoms with Gasteiger partial charge in [-0.1, -0.05) is 29.5 Å². The lowest BCUT2D eigenvalue weighted by molar-refractivity contribution is -0.0612. The Morgan fingerprint density at radius 2 is 2.15 bits per heavy atom. The number of nitrogen functional groups attached to an aromatic ring is 1. The van der Waals surface area contributed by atoms with Crippen LogP contribution in [0.5, 0.6) is 0 Å². The molecule has 0 unspecified atom stereocenters. The summed E-state index contributed by atoms with van der Waals surface area (Å²) in [6, 6.07) is 13.7. The number of nitrogens with one attached hydrogen (secondary N) is 2. The number of pyridine rings is 1. The van der Waals surface area contributed by atoms with Crippen LogP contribution in [0.15, 0.2) is 54.9 Å². The van der Waals surface area contributed by atoms with Crippen LogP contribution in [0.2, 0.25) is 0 Å². The molecule has 1 amide bonds. The van der Waals surface area contributed by atoms with Gasteiger partial charge in [-0.15, -0.1) is 5.10 Å². The van der Waals surface area contributed by atoms with Gasteiger partial charge in [-0.3, -0.25) is 14.4 Å². The van der Waals surface area contributed by atoms with Gasteiger partial charge in [0.1, 0.15) is 17.2 Å². The standard InChI is InChI=1S/C24H28N8O2/c1-16-15-34-22(18-6-7-23(25)26-11-18)14-31(16)8-9-32-13-19(29-30-32)12-27-24(33)21-10-17-4-2-3-5-20(17)28-21/h2-7,10-11,13,16,22,28H,8-9,12,14-15H2,1H3,(H2,25,26)(H,27,33)/t16-,22+/m0/s1. The second-order valence-corrected chi connectivity index (χ2v) is 8.61. The molecule has 5 rings (SSSR count). The molecule has 1 aliphatic heterocycles. The molecule has 0 saturated carbocycles. The summed E-state index contributed by atoms with van der Waals surface area (Å²) in [5, 5.41) is 12.3. The van der Waals surface area contributed by atoms with Crippen LogP contribution in [0.4, 0.5) is 5.82 Å². The molecule has 0 spiro atoms. The zero-order chi connectivity index (χ0) is 23.5. The Kier molecular flexibility index (Phi) is 6.24. The van der Waals surface area contributed by atoms with E-state index in [0.717, 1.165) is 29.6 Å². The van der Waals surface area contributed by atoms with Crippen LogP contribution in [-0.2, 0) is 17.8 Å². The molecule has 1 aromatic carbocycles. The van der Waals surface area contributed by atoms with Crippen molar-refractivity contribution in [2.75, 3.05) is 25.4 Å². The van der Waals surface area contributed by atoms with E-state index in [0.29, 0.717) is 42.9 Å². The minimum absolute atomic E-state index is 0.0320. The van der Waals surface area contributed by atoms with Gasteiger partial charge >= 0.3 is 0 Å². The highest BCUT2D eigenvalue weighted by atomic mass is 16.5. The number of rotatable bonds is 7. The number of H-pyrrole nitrogens is 1. The highest BCUT2D eigenvalue weighted by Crippen LogP contribution is 2.24. The molecule has 10 nitrogen and oxygen atoms in total. The molecule has 176 valence electrons. The summed E-state index contributed by atoms with van der Waals surface area (Å²) in [5.41, 5.74) is 8.91. The number of carbonyl (C=O) groups is 1. The number of morpholine rings is 1. The quantitative estimate of drug-likeness (QED) is 0.386. The first-order valence-electron chi connectivity index (χ1n) is 11.4. The van der Waals surface area contributed by atoms with Crippen molar-refractivity contribution in [1.29, 1.82) is 0 Å². The van der Waals surface area contributed by atoms with Crippen molar-refractivity contribution in [2.45, 2.75) is 32.2 Å². The number of hydrogen-bond acceptors (Lipinski definition) is 7. The van der Waals surface area contributed by atoms with Crippen molar-refractivity contribution in [3.8, 4) is 0 Å². The maximum absolute atomic E-state index is 12.5. The van der Waals surface area contributed by atoms with Crippen LogP contribution >= 0.6 is 0 Å². The predicted octanol–water partition coefficient (Wildman–Crippen LogP) is 2.13. The maximum atomic E-state index is 12.5. The third-order valence-corrected chi connectivity index (χ3v) is 6.15. The summed E-state index contributed by atoms with van der Waals surface area (Å²) >= 11 is 0. The van der Waals surface area contributed by atoms with E-state index in [1.54, 1.807) is 12.3 Å². The van der Waals surface area contributed by atoms with E-state index >= 15 is 0 Å². The fourth-order valence-corrected chi connectivity index (χ4v) is 4.15. The number of carbonyl (C=O) groups excluding carboxylic acids is 1. The predicted molar refractivity (Wildman–Crippen MR) is 128 cm³/mol. The second kappa shape index (κ2) is 9.62. The van der Waals surface area contributed by atoms with Crippen LogP contribution in [-0.4, -0.2) is 61.5 Å². The molecule has 1 aliphatic rings. The Morgan fingerprint density at radius 3 is 2.97 bits per heavy atom. The topological polar surface area (TPSA) is 127 Å². The van der Waals surface area contributed by atoms with Gasteiger partial charge in [0, 0.05) is 41.8 Å².